The molecule has 0 saturated carbocycles. The maximum Gasteiger partial charge on any atom is 0.0187 e. The van der Waals surface area contributed by atoms with Gasteiger partial charge in [-0.15, -0.1) is 0 Å². The van der Waals surface area contributed by atoms with Crippen LogP contribution in [0.3, 0.4) is 0 Å². The molecule has 1 heteroatoms. The van der Waals surface area contributed by atoms with Gasteiger partial charge in [0, 0.05) is 11.1 Å². The van der Waals surface area contributed by atoms with Crippen molar-refractivity contribution in [1.82, 2.24) is 5.32 Å². The van der Waals surface area contributed by atoms with Crippen molar-refractivity contribution < 1.29 is 0 Å². The minimum Gasteiger partial charge on any atom is -0.306 e. The van der Waals surface area contributed by atoms with Gasteiger partial charge in [-0.2, -0.15) is 0 Å². The minimum absolute atomic E-state index is 0.376. The van der Waals surface area contributed by atoms with E-state index in [1.54, 1.807) is 0 Å². The van der Waals surface area contributed by atoms with Crippen molar-refractivity contribution in [2.24, 2.45) is 0 Å². The highest BCUT2D eigenvalue weighted by Gasteiger charge is 2.40. The van der Waals surface area contributed by atoms with E-state index >= 15 is 0 Å². The molecule has 1 heterocycles. The summed E-state index contributed by atoms with van der Waals surface area (Å²) in [6.45, 7) is 9.31. The molecule has 0 radical (unpaired) electrons. The average molecular weight is 211 g/mol. The Hall–Kier alpha value is -0.0400. The van der Waals surface area contributed by atoms with E-state index in [0.29, 0.717) is 11.1 Å². The first kappa shape index (κ1) is 13.0. The van der Waals surface area contributed by atoms with Crippen molar-refractivity contribution in [3.63, 3.8) is 0 Å². The molecule has 90 valence electrons. The minimum atomic E-state index is 0.376. The maximum absolute atomic E-state index is 3.91. The van der Waals surface area contributed by atoms with Crippen LogP contribution in [0, 0.1) is 0 Å². The molecule has 0 bridgehead atoms. The summed E-state index contributed by atoms with van der Waals surface area (Å²) in [5, 5.41) is 3.91. The molecule has 0 aromatic rings. The van der Waals surface area contributed by atoms with Gasteiger partial charge in [-0.25, -0.2) is 0 Å². The van der Waals surface area contributed by atoms with Crippen molar-refractivity contribution in [3.05, 3.63) is 0 Å². The molecule has 1 saturated heterocycles. The molecule has 0 unspecified atom stereocenters. The number of rotatable bonds is 6. The molecule has 15 heavy (non-hydrogen) atoms. The van der Waals surface area contributed by atoms with Gasteiger partial charge in [0.2, 0.25) is 0 Å². The van der Waals surface area contributed by atoms with Crippen LogP contribution in [-0.2, 0) is 0 Å². The van der Waals surface area contributed by atoms with E-state index in [2.05, 4.69) is 33.0 Å². The van der Waals surface area contributed by atoms with Gasteiger partial charge >= 0.3 is 0 Å². The molecule has 1 rings (SSSR count). The van der Waals surface area contributed by atoms with Gasteiger partial charge in [0.25, 0.3) is 0 Å². The predicted octanol–water partition coefficient (Wildman–Crippen LogP) is 4.27. The molecule has 0 aliphatic carbocycles. The molecule has 1 nitrogen and oxygen atoms in total. The van der Waals surface area contributed by atoms with E-state index in [0.717, 1.165) is 0 Å². The van der Waals surface area contributed by atoms with Gasteiger partial charge in [0.05, 0.1) is 0 Å². The molecule has 1 aliphatic rings. The van der Waals surface area contributed by atoms with Crippen molar-refractivity contribution in [2.75, 3.05) is 0 Å². The zero-order chi connectivity index (χ0) is 11.4. The maximum atomic E-state index is 3.91. The molecule has 1 fully saturated rings. The normalized spacial score (nSPS) is 23.2. The van der Waals surface area contributed by atoms with E-state index in [1.165, 1.54) is 51.4 Å². The lowest BCUT2D eigenvalue weighted by Gasteiger charge is -2.33. The standard InChI is InChI=1S/C14H29N/c1-5-7-9-14(10-8-6-2)12-11-13(3,4)15-14/h15H,5-12H2,1-4H3. The second-order valence-corrected chi connectivity index (χ2v) is 6.00. The lowest BCUT2D eigenvalue weighted by molar-refractivity contribution is 0.270. The first-order chi connectivity index (χ1) is 7.04. The van der Waals surface area contributed by atoms with Crippen LogP contribution >= 0.6 is 0 Å². The molecule has 0 atom stereocenters. The zero-order valence-electron chi connectivity index (χ0n) is 11.2. The Labute approximate surface area is 96.0 Å². The number of unbranched alkanes of at least 4 members (excludes halogenated alkanes) is 2. The molecular weight excluding hydrogens is 182 g/mol. The number of nitrogens with one attached hydrogen (secondary N) is 1. The van der Waals surface area contributed by atoms with Gasteiger partial charge in [-0.05, 0) is 39.5 Å². The van der Waals surface area contributed by atoms with E-state index in [-0.39, 0.29) is 0 Å². The summed E-state index contributed by atoms with van der Waals surface area (Å²) in [5.41, 5.74) is 0.858. The van der Waals surface area contributed by atoms with E-state index < -0.39 is 0 Å². The smallest absolute Gasteiger partial charge is 0.0187 e. The lowest BCUT2D eigenvalue weighted by Crippen LogP contribution is -2.47. The van der Waals surface area contributed by atoms with Crippen molar-refractivity contribution >= 4 is 0 Å². The Morgan fingerprint density at radius 1 is 0.933 bits per heavy atom. The topological polar surface area (TPSA) is 12.0 Å². The molecule has 0 amide bonds. The summed E-state index contributed by atoms with van der Waals surface area (Å²) in [4.78, 5) is 0. The van der Waals surface area contributed by atoms with Crippen LogP contribution in [0.15, 0.2) is 0 Å². The summed E-state index contributed by atoms with van der Waals surface area (Å²) >= 11 is 0. The van der Waals surface area contributed by atoms with Gasteiger partial charge < -0.3 is 5.32 Å². The molecule has 0 spiro atoms. The number of hydrogen-bond acceptors (Lipinski definition) is 1. The second-order valence-electron chi connectivity index (χ2n) is 6.00. The monoisotopic (exact) mass is 211 g/mol. The summed E-state index contributed by atoms with van der Waals surface area (Å²) in [6.07, 6.45) is 10.9. The van der Waals surface area contributed by atoms with Crippen LogP contribution < -0.4 is 5.32 Å². The SMILES string of the molecule is CCCCC1(CCCC)CCC(C)(C)N1. The van der Waals surface area contributed by atoms with Crippen molar-refractivity contribution in [2.45, 2.75) is 90.1 Å². The third kappa shape index (κ3) is 3.79. The highest BCUT2D eigenvalue weighted by atomic mass is 15.1. The van der Waals surface area contributed by atoms with E-state index in [4.69, 9.17) is 0 Å². The van der Waals surface area contributed by atoms with E-state index in [9.17, 15) is 0 Å². The Bertz CT molecular complexity index is 176. The molecule has 0 aromatic heterocycles. The average Bonchev–Trinajstić information content (AvgIpc) is 2.49. The summed E-state index contributed by atoms with van der Waals surface area (Å²) in [7, 11) is 0. The quantitative estimate of drug-likeness (QED) is 0.692. The Kier molecular flexibility index (Phi) is 4.64. The number of hydrogen-bond donors (Lipinski definition) is 1. The van der Waals surface area contributed by atoms with Gasteiger partial charge in [-0.1, -0.05) is 39.5 Å². The zero-order valence-corrected chi connectivity index (χ0v) is 11.2. The van der Waals surface area contributed by atoms with Crippen LogP contribution in [0.2, 0.25) is 0 Å². The van der Waals surface area contributed by atoms with Crippen molar-refractivity contribution in [3.8, 4) is 0 Å². The molecule has 1 N–H and O–H groups in total. The summed E-state index contributed by atoms with van der Waals surface area (Å²) in [6, 6.07) is 0. The van der Waals surface area contributed by atoms with Crippen LogP contribution in [-0.4, -0.2) is 11.1 Å². The highest BCUT2D eigenvalue weighted by Crippen LogP contribution is 2.37. The van der Waals surface area contributed by atoms with Crippen LogP contribution in [0.25, 0.3) is 0 Å². The highest BCUT2D eigenvalue weighted by molar-refractivity contribution is 5.01. The molecule has 1 aliphatic heterocycles. The molecule has 0 aromatic carbocycles. The van der Waals surface area contributed by atoms with Gasteiger partial charge in [0.15, 0.2) is 0 Å². The first-order valence-electron chi connectivity index (χ1n) is 6.83. The van der Waals surface area contributed by atoms with E-state index in [1.807, 2.05) is 0 Å². The fraction of sp³-hybridized carbons (Fsp3) is 1.00. The van der Waals surface area contributed by atoms with Crippen molar-refractivity contribution in [1.29, 1.82) is 0 Å². The largest absolute Gasteiger partial charge is 0.306 e. The fourth-order valence-electron chi connectivity index (χ4n) is 2.92. The Morgan fingerprint density at radius 3 is 1.80 bits per heavy atom. The summed E-state index contributed by atoms with van der Waals surface area (Å²) in [5.74, 6) is 0. The summed E-state index contributed by atoms with van der Waals surface area (Å²) < 4.78 is 0. The first-order valence-corrected chi connectivity index (χ1v) is 6.83. The van der Waals surface area contributed by atoms with Crippen LogP contribution in [0.1, 0.15) is 79.1 Å². The fourth-order valence-corrected chi connectivity index (χ4v) is 2.92. The Morgan fingerprint density at radius 2 is 1.47 bits per heavy atom. The predicted molar refractivity (Wildman–Crippen MR) is 68.2 cm³/mol. The van der Waals surface area contributed by atoms with Gasteiger partial charge in [0.1, 0.15) is 0 Å². The Balaban J connectivity index is 2.53. The second kappa shape index (κ2) is 5.34. The lowest BCUT2D eigenvalue weighted by atomic mass is 9.86. The third-order valence-corrected chi connectivity index (χ3v) is 3.85. The van der Waals surface area contributed by atoms with Gasteiger partial charge in [-0.3, -0.25) is 0 Å². The van der Waals surface area contributed by atoms with Crippen LogP contribution in [0.5, 0.6) is 0 Å². The van der Waals surface area contributed by atoms with Crippen LogP contribution in [0.4, 0.5) is 0 Å². The third-order valence-electron chi connectivity index (χ3n) is 3.85. The molecular formula is C14H29N.